The lowest BCUT2D eigenvalue weighted by Crippen LogP contribution is -2.44. The first-order chi connectivity index (χ1) is 9.39. The van der Waals surface area contributed by atoms with E-state index in [0.29, 0.717) is 18.8 Å². The number of hydrogen-bond acceptors (Lipinski definition) is 5. The second-order valence-electron chi connectivity index (χ2n) is 5.70. The van der Waals surface area contributed by atoms with Crippen LogP contribution in [0.4, 0.5) is 10.6 Å². The van der Waals surface area contributed by atoms with Crippen LogP contribution in [0.3, 0.4) is 0 Å². The lowest BCUT2D eigenvalue weighted by molar-refractivity contribution is 0.0654. The highest BCUT2D eigenvalue weighted by Crippen LogP contribution is 2.29. The van der Waals surface area contributed by atoms with E-state index >= 15 is 0 Å². The summed E-state index contributed by atoms with van der Waals surface area (Å²) in [5.74, 6) is 0.426. The van der Waals surface area contributed by atoms with E-state index in [1.165, 1.54) is 0 Å². The number of H-pyrrole nitrogens is 1. The first-order valence-corrected chi connectivity index (χ1v) is 6.81. The molecule has 0 bridgehead atoms. The molecule has 1 amide bonds. The van der Waals surface area contributed by atoms with Gasteiger partial charge >= 0.3 is 6.09 Å². The molecule has 0 aromatic carbocycles. The molecule has 2 heterocycles. The molecule has 2 atom stereocenters. The van der Waals surface area contributed by atoms with E-state index in [0.717, 1.165) is 12.1 Å². The summed E-state index contributed by atoms with van der Waals surface area (Å²) < 4.78 is 11.0. The van der Waals surface area contributed by atoms with E-state index in [2.05, 4.69) is 15.5 Å². The summed E-state index contributed by atoms with van der Waals surface area (Å²) in [6.07, 6.45) is 0.616. The van der Waals surface area contributed by atoms with Gasteiger partial charge in [-0.15, -0.1) is 0 Å². The van der Waals surface area contributed by atoms with Crippen molar-refractivity contribution in [3.05, 3.63) is 11.8 Å². The average Bonchev–Trinajstić information content (AvgIpc) is 2.97. The smallest absolute Gasteiger partial charge is 0.407 e. The quantitative estimate of drug-likeness (QED) is 0.780. The molecule has 7 nitrogen and oxygen atoms in total. The molecular weight excluding hydrogens is 260 g/mol. The number of carbonyl (C=O) groups is 1. The summed E-state index contributed by atoms with van der Waals surface area (Å²) in [4.78, 5) is 11.8. The van der Waals surface area contributed by atoms with Crippen LogP contribution >= 0.6 is 0 Å². The Balaban J connectivity index is 1.83. The van der Waals surface area contributed by atoms with Crippen molar-refractivity contribution in [2.24, 2.45) is 0 Å². The van der Waals surface area contributed by atoms with Crippen LogP contribution in [0.1, 0.15) is 45.4 Å². The number of carbonyl (C=O) groups excluding carboxylic acids is 1. The predicted molar refractivity (Wildman–Crippen MR) is 74.1 cm³/mol. The lowest BCUT2D eigenvalue weighted by atomic mass is 10.0. The highest BCUT2D eigenvalue weighted by molar-refractivity contribution is 5.68. The van der Waals surface area contributed by atoms with E-state index in [1.54, 1.807) is 6.07 Å². The van der Waals surface area contributed by atoms with Gasteiger partial charge in [0.15, 0.2) is 0 Å². The Morgan fingerprint density at radius 2 is 2.45 bits per heavy atom. The van der Waals surface area contributed by atoms with Crippen LogP contribution in [0, 0.1) is 0 Å². The van der Waals surface area contributed by atoms with Gasteiger partial charge in [0, 0.05) is 18.0 Å². The van der Waals surface area contributed by atoms with Gasteiger partial charge in [0.1, 0.15) is 18.0 Å². The number of nitrogen functional groups attached to an aromatic ring is 1. The number of amides is 1. The average molecular weight is 282 g/mol. The van der Waals surface area contributed by atoms with Crippen molar-refractivity contribution in [2.75, 3.05) is 12.3 Å². The molecule has 1 saturated heterocycles. The van der Waals surface area contributed by atoms with Gasteiger partial charge in [0.25, 0.3) is 0 Å². The number of alkyl carbamates (subject to hydrolysis) is 1. The van der Waals surface area contributed by atoms with Crippen LogP contribution < -0.4 is 11.1 Å². The molecule has 4 N–H and O–H groups in total. The van der Waals surface area contributed by atoms with Gasteiger partial charge in [0.05, 0.1) is 12.3 Å². The zero-order valence-corrected chi connectivity index (χ0v) is 12.1. The fourth-order valence-electron chi connectivity index (χ4n) is 1.96. The Bertz CT molecular complexity index is 472. The Labute approximate surface area is 118 Å². The van der Waals surface area contributed by atoms with Gasteiger partial charge in [-0.1, -0.05) is 6.92 Å². The third-order valence-corrected chi connectivity index (χ3v) is 3.52. The minimum absolute atomic E-state index is 0.156. The number of hydrogen-bond donors (Lipinski definition) is 3. The van der Waals surface area contributed by atoms with Crippen molar-refractivity contribution in [1.82, 2.24) is 15.5 Å². The second-order valence-corrected chi connectivity index (χ2v) is 5.70. The molecule has 0 spiro atoms. The summed E-state index contributed by atoms with van der Waals surface area (Å²) in [6, 6.07) is 1.73. The van der Waals surface area contributed by atoms with Gasteiger partial charge in [-0.3, -0.25) is 5.10 Å². The minimum Gasteiger partial charge on any atom is -0.444 e. The zero-order chi connectivity index (χ0) is 14.8. The van der Waals surface area contributed by atoms with Crippen LogP contribution in [0.2, 0.25) is 0 Å². The third kappa shape index (κ3) is 3.63. The Hall–Kier alpha value is -1.76. The van der Waals surface area contributed by atoms with Crippen LogP contribution in [0.25, 0.3) is 0 Å². The predicted octanol–water partition coefficient (Wildman–Crippen LogP) is 1.74. The number of anilines is 1. The monoisotopic (exact) mass is 282 g/mol. The minimum atomic E-state index is -0.407. The largest absolute Gasteiger partial charge is 0.444 e. The molecule has 2 rings (SSSR count). The molecule has 1 aromatic rings. The third-order valence-electron chi connectivity index (χ3n) is 3.52. The molecule has 1 fully saturated rings. The number of aromatic nitrogens is 2. The summed E-state index contributed by atoms with van der Waals surface area (Å²) in [6.45, 7) is 6.30. The van der Waals surface area contributed by atoms with E-state index in [-0.39, 0.29) is 17.7 Å². The van der Waals surface area contributed by atoms with Crippen molar-refractivity contribution in [3.8, 4) is 0 Å². The molecule has 20 heavy (non-hydrogen) atoms. The molecule has 1 aliphatic heterocycles. The van der Waals surface area contributed by atoms with E-state index in [4.69, 9.17) is 15.2 Å². The Kier molecular flexibility index (Phi) is 4.17. The highest BCUT2D eigenvalue weighted by atomic mass is 16.6. The van der Waals surface area contributed by atoms with E-state index in [1.807, 2.05) is 20.8 Å². The standard InChI is InChI=1S/C13H22N4O3/c1-4-13(2,3)15-12(18)20-8-5-10(19-7-8)9-6-11(14)17-16-9/h6,8,10H,4-5,7H2,1-3H3,(H,15,18)(H3,14,16,17)/t8-,10-/m0/s1. The van der Waals surface area contributed by atoms with Crippen molar-refractivity contribution < 1.29 is 14.3 Å². The normalized spacial score (nSPS) is 22.8. The van der Waals surface area contributed by atoms with E-state index in [9.17, 15) is 4.79 Å². The summed E-state index contributed by atoms with van der Waals surface area (Å²) in [5, 5.41) is 9.51. The SMILES string of the molecule is CCC(C)(C)NC(=O)O[C@@H]1CO[C@H](c2cc(N)n[nH]2)C1. The number of nitrogens with zero attached hydrogens (tertiary/aromatic N) is 1. The molecule has 0 unspecified atom stereocenters. The molecule has 1 aliphatic rings. The Morgan fingerprint density at radius 3 is 3.05 bits per heavy atom. The Morgan fingerprint density at radius 1 is 1.70 bits per heavy atom. The molecule has 0 radical (unpaired) electrons. The van der Waals surface area contributed by atoms with Crippen molar-refractivity contribution in [2.45, 2.75) is 51.4 Å². The van der Waals surface area contributed by atoms with Crippen molar-refractivity contribution in [1.29, 1.82) is 0 Å². The van der Waals surface area contributed by atoms with Crippen LogP contribution in [-0.4, -0.2) is 34.5 Å². The van der Waals surface area contributed by atoms with Gasteiger partial charge in [-0.2, -0.15) is 5.10 Å². The van der Waals surface area contributed by atoms with Gasteiger partial charge in [-0.25, -0.2) is 4.79 Å². The van der Waals surface area contributed by atoms with Gasteiger partial charge < -0.3 is 20.5 Å². The molecular formula is C13H22N4O3. The fraction of sp³-hybridized carbons (Fsp3) is 0.692. The first-order valence-electron chi connectivity index (χ1n) is 6.81. The van der Waals surface area contributed by atoms with Gasteiger partial charge in [0.2, 0.25) is 0 Å². The number of nitrogens with two attached hydrogens (primary N) is 1. The number of nitrogens with one attached hydrogen (secondary N) is 2. The number of rotatable bonds is 4. The maximum absolute atomic E-state index is 11.8. The summed E-state index contributed by atoms with van der Waals surface area (Å²) >= 11 is 0. The van der Waals surface area contributed by atoms with Crippen LogP contribution in [-0.2, 0) is 9.47 Å². The second kappa shape index (κ2) is 5.70. The van der Waals surface area contributed by atoms with Crippen LogP contribution in [0.5, 0.6) is 0 Å². The van der Waals surface area contributed by atoms with E-state index < -0.39 is 6.09 Å². The molecule has 1 aromatic heterocycles. The summed E-state index contributed by atoms with van der Waals surface area (Å²) in [7, 11) is 0. The maximum Gasteiger partial charge on any atom is 0.407 e. The fourth-order valence-corrected chi connectivity index (χ4v) is 1.96. The first kappa shape index (κ1) is 14.6. The molecule has 112 valence electrons. The summed E-state index contributed by atoms with van der Waals surface area (Å²) in [5.41, 5.74) is 6.09. The lowest BCUT2D eigenvalue weighted by Gasteiger charge is -2.24. The maximum atomic E-state index is 11.8. The van der Waals surface area contributed by atoms with Crippen LogP contribution in [0.15, 0.2) is 6.07 Å². The molecule has 7 heteroatoms. The molecule has 0 aliphatic carbocycles. The van der Waals surface area contributed by atoms with Gasteiger partial charge in [-0.05, 0) is 20.3 Å². The zero-order valence-electron chi connectivity index (χ0n) is 12.1. The van der Waals surface area contributed by atoms with Crippen molar-refractivity contribution >= 4 is 11.9 Å². The topological polar surface area (TPSA) is 102 Å². The number of ether oxygens (including phenoxy) is 2. The number of aromatic amines is 1. The van der Waals surface area contributed by atoms with Crippen molar-refractivity contribution in [3.63, 3.8) is 0 Å². The highest BCUT2D eigenvalue weighted by Gasteiger charge is 2.31. The molecule has 0 saturated carbocycles.